The van der Waals surface area contributed by atoms with Crippen LogP contribution < -0.4 is 4.90 Å². The molecule has 0 N–H and O–H groups in total. The lowest BCUT2D eigenvalue weighted by molar-refractivity contribution is 0.0673. The molecule has 1 saturated heterocycles. The maximum Gasteiger partial charge on any atom is 0.258 e. The molecule has 2 heterocycles. The Labute approximate surface area is 222 Å². The van der Waals surface area contributed by atoms with Crippen LogP contribution in [-0.4, -0.2) is 36.3 Å². The number of fused-ring (bicyclic) bond motifs is 4. The third-order valence-electron chi connectivity index (χ3n) is 8.52. The summed E-state index contributed by atoms with van der Waals surface area (Å²) in [5.74, 6) is 0.131. The SMILES string of the molecule is O=C(c1cccc2ccccc12)N1CCC2(CC1)CN(C(=O)c1cccc3ccccc13)c1ccccc12. The van der Waals surface area contributed by atoms with E-state index in [1.165, 1.54) is 5.56 Å². The molecule has 7 rings (SSSR count). The number of hydrogen-bond donors (Lipinski definition) is 0. The fourth-order valence-corrected chi connectivity index (χ4v) is 6.52. The lowest BCUT2D eigenvalue weighted by Crippen LogP contribution is -2.47. The molecule has 2 amide bonds. The Morgan fingerprint density at radius 1 is 0.579 bits per heavy atom. The number of carbonyl (C=O) groups excluding carboxylic acids is 2. The maximum atomic E-state index is 14.0. The zero-order chi connectivity index (χ0) is 25.7. The molecule has 0 unspecified atom stereocenters. The molecular weight excluding hydrogens is 468 g/mol. The maximum absolute atomic E-state index is 14.0. The smallest absolute Gasteiger partial charge is 0.258 e. The van der Waals surface area contributed by atoms with Crippen LogP contribution in [0, 0.1) is 0 Å². The van der Waals surface area contributed by atoms with Crippen molar-refractivity contribution in [1.82, 2.24) is 4.90 Å². The van der Waals surface area contributed by atoms with Crippen LogP contribution in [0.15, 0.2) is 109 Å². The van der Waals surface area contributed by atoms with E-state index in [0.717, 1.165) is 51.2 Å². The van der Waals surface area contributed by atoms with E-state index in [2.05, 4.69) is 18.2 Å². The average molecular weight is 497 g/mol. The molecule has 0 bridgehead atoms. The summed E-state index contributed by atoms with van der Waals surface area (Å²) < 4.78 is 0. The van der Waals surface area contributed by atoms with Crippen LogP contribution in [0.1, 0.15) is 39.1 Å². The molecule has 186 valence electrons. The van der Waals surface area contributed by atoms with Crippen LogP contribution in [0.4, 0.5) is 5.69 Å². The Balaban J connectivity index is 1.18. The molecule has 0 atom stereocenters. The fraction of sp³-hybridized carbons (Fsp3) is 0.176. The standard InChI is InChI=1S/C34H28N2O2/c37-32(28-15-7-11-24-9-1-3-13-26(24)28)35-21-19-34(20-22-35)23-36(31-18-6-5-17-30(31)34)33(38)29-16-8-12-25-10-2-4-14-27(25)29/h1-18H,19-23H2. The lowest BCUT2D eigenvalue weighted by atomic mass is 9.74. The van der Waals surface area contributed by atoms with E-state index in [4.69, 9.17) is 0 Å². The second-order valence-corrected chi connectivity index (χ2v) is 10.5. The van der Waals surface area contributed by atoms with E-state index in [1.807, 2.05) is 101 Å². The van der Waals surface area contributed by atoms with Gasteiger partial charge in [-0.25, -0.2) is 0 Å². The van der Waals surface area contributed by atoms with Gasteiger partial charge in [-0.1, -0.05) is 91.0 Å². The van der Waals surface area contributed by atoms with E-state index in [-0.39, 0.29) is 17.2 Å². The molecule has 0 saturated carbocycles. The van der Waals surface area contributed by atoms with Crippen LogP contribution >= 0.6 is 0 Å². The third kappa shape index (κ3) is 3.52. The van der Waals surface area contributed by atoms with E-state index >= 15 is 0 Å². The van der Waals surface area contributed by atoms with Gasteiger partial charge < -0.3 is 9.80 Å². The number of anilines is 1. The zero-order valence-electron chi connectivity index (χ0n) is 21.1. The summed E-state index contributed by atoms with van der Waals surface area (Å²) in [4.78, 5) is 31.6. The Hall–Kier alpha value is -4.44. The van der Waals surface area contributed by atoms with Crippen molar-refractivity contribution in [3.05, 3.63) is 126 Å². The molecular formula is C34H28N2O2. The molecule has 4 heteroatoms. The van der Waals surface area contributed by atoms with Crippen molar-refractivity contribution >= 4 is 39.0 Å². The fourth-order valence-electron chi connectivity index (χ4n) is 6.52. The van der Waals surface area contributed by atoms with Crippen molar-refractivity contribution < 1.29 is 9.59 Å². The van der Waals surface area contributed by atoms with Gasteiger partial charge in [0.15, 0.2) is 0 Å². The second-order valence-electron chi connectivity index (χ2n) is 10.5. The molecule has 2 aliphatic rings. The summed E-state index contributed by atoms with van der Waals surface area (Å²) in [5.41, 5.74) is 3.58. The summed E-state index contributed by atoms with van der Waals surface area (Å²) in [6.45, 7) is 1.99. The molecule has 0 aliphatic carbocycles. The van der Waals surface area contributed by atoms with Gasteiger partial charge in [-0.05, 0) is 58.1 Å². The number of carbonyl (C=O) groups is 2. The predicted octanol–water partition coefficient (Wildman–Crippen LogP) is 6.83. The van der Waals surface area contributed by atoms with Crippen molar-refractivity contribution in [2.45, 2.75) is 18.3 Å². The summed E-state index contributed by atoms with van der Waals surface area (Å²) in [5, 5.41) is 4.13. The van der Waals surface area contributed by atoms with E-state index in [1.54, 1.807) is 0 Å². The number of amides is 2. The summed E-state index contributed by atoms with van der Waals surface area (Å²) >= 11 is 0. The lowest BCUT2D eigenvalue weighted by Gasteiger charge is -2.40. The molecule has 1 fully saturated rings. The normalized spacial score (nSPS) is 16.2. The molecule has 0 radical (unpaired) electrons. The largest absolute Gasteiger partial charge is 0.339 e. The van der Waals surface area contributed by atoms with Crippen molar-refractivity contribution in [2.75, 3.05) is 24.5 Å². The van der Waals surface area contributed by atoms with Gasteiger partial charge in [0.25, 0.3) is 11.8 Å². The summed E-state index contributed by atoms with van der Waals surface area (Å²) in [6.07, 6.45) is 1.67. The van der Waals surface area contributed by atoms with Gasteiger partial charge in [-0.2, -0.15) is 0 Å². The summed E-state index contributed by atoms with van der Waals surface area (Å²) in [7, 11) is 0. The van der Waals surface area contributed by atoms with E-state index in [9.17, 15) is 9.59 Å². The first-order valence-electron chi connectivity index (χ1n) is 13.3. The Kier molecular flexibility index (Phi) is 5.29. The Morgan fingerprint density at radius 3 is 1.76 bits per heavy atom. The van der Waals surface area contributed by atoms with Crippen molar-refractivity contribution in [3.63, 3.8) is 0 Å². The zero-order valence-corrected chi connectivity index (χ0v) is 21.1. The molecule has 38 heavy (non-hydrogen) atoms. The van der Waals surface area contributed by atoms with Crippen LogP contribution in [0.25, 0.3) is 21.5 Å². The van der Waals surface area contributed by atoms with Crippen molar-refractivity contribution in [2.24, 2.45) is 0 Å². The molecule has 4 nitrogen and oxygen atoms in total. The van der Waals surface area contributed by atoms with Crippen LogP contribution in [-0.2, 0) is 5.41 Å². The highest BCUT2D eigenvalue weighted by molar-refractivity contribution is 6.15. The first kappa shape index (κ1) is 22.7. The summed E-state index contributed by atoms with van der Waals surface area (Å²) in [6, 6.07) is 36.4. The van der Waals surface area contributed by atoms with Gasteiger partial charge in [0.05, 0.1) is 0 Å². The highest BCUT2D eigenvalue weighted by atomic mass is 16.2. The Bertz CT molecular complexity index is 1700. The van der Waals surface area contributed by atoms with Crippen LogP contribution in [0.5, 0.6) is 0 Å². The topological polar surface area (TPSA) is 40.6 Å². The minimum Gasteiger partial charge on any atom is -0.339 e. The number of hydrogen-bond acceptors (Lipinski definition) is 2. The minimum atomic E-state index is -0.146. The van der Waals surface area contributed by atoms with Crippen molar-refractivity contribution in [3.8, 4) is 0 Å². The molecule has 5 aromatic rings. The Morgan fingerprint density at radius 2 is 1.11 bits per heavy atom. The van der Waals surface area contributed by atoms with Crippen LogP contribution in [0.3, 0.4) is 0 Å². The highest BCUT2D eigenvalue weighted by Gasteiger charge is 2.47. The number of para-hydroxylation sites is 1. The van der Waals surface area contributed by atoms with Gasteiger partial charge in [-0.3, -0.25) is 9.59 Å². The molecule has 5 aromatic carbocycles. The van der Waals surface area contributed by atoms with Gasteiger partial charge in [0.2, 0.25) is 0 Å². The molecule has 1 spiro atoms. The molecule has 0 aromatic heterocycles. The first-order chi connectivity index (χ1) is 18.6. The quantitative estimate of drug-likeness (QED) is 0.269. The van der Waals surface area contributed by atoms with Gasteiger partial charge >= 0.3 is 0 Å². The number of piperidine rings is 1. The minimum absolute atomic E-state index is 0.0420. The number of likely N-dealkylation sites (tertiary alicyclic amines) is 1. The monoisotopic (exact) mass is 496 g/mol. The van der Waals surface area contributed by atoms with Crippen LogP contribution in [0.2, 0.25) is 0 Å². The van der Waals surface area contributed by atoms with Crippen molar-refractivity contribution in [1.29, 1.82) is 0 Å². The van der Waals surface area contributed by atoms with E-state index < -0.39 is 0 Å². The second kappa shape index (κ2) is 8.84. The number of nitrogens with zero attached hydrogens (tertiary/aromatic N) is 2. The predicted molar refractivity (Wildman–Crippen MR) is 153 cm³/mol. The number of benzene rings is 5. The van der Waals surface area contributed by atoms with Gasteiger partial charge in [0, 0.05) is 41.9 Å². The van der Waals surface area contributed by atoms with Gasteiger partial charge in [0.1, 0.15) is 0 Å². The first-order valence-corrected chi connectivity index (χ1v) is 13.3. The highest BCUT2D eigenvalue weighted by Crippen LogP contribution is 2.47. The van der Waals surface area contributed by atoms with Gasteiger partial charge in [-0.15, -0.1) is 0 Å². The van der Waals surface area contributed by atoms with E-state index in [0.29, 0.717) is 19.6 Å². The number of rotatable bonds is 2. The molecule has 2 aliphatic heterocycles. The third-order valence-corrected chi connectivity index (χ3v) is 8.52. The average Bonchev–Trinajstić information content (AvgIpc) is 3.30.